The summed E-state index contributed by atoms with van der Waals surface area (Å²) in [7, 11) is 0. The lowest BCUT2D eigenvalue weighted by Crippen LogP contribution is -2.22. The van der Waals surface area contributed by atoms with Crippen LogP contribution in [0.15, 0.2) is 17.5 Å². The molecule has 2 rings (SSSR count). The van der Waals surface area contributed by atoms with E-state index < -0.39 is 5.60 Å². The van der Waals surface area contributed by atoms with Crippen molar-refractivity contribution in [2.45, 2.75) is 31.8 Å². The largest absolute Gasteiger partial charge is 0.390 e. The molecule has 0 aromatic carbocycles. The molecule has 0 aliphatic heterocycles. The molecule has 0 saturated heterocycles. The van der Waals surface area contributed by atoms with Crippen LogP contribution in [-0.2, 0) is 0 Å². The molecule has 0 radical (unpaired) electrons. The standard InChI is InChI=1S/C10H14OS/c1-10(2,11)8-6-7(8)9-4-3-5-12-9/h3-5,7-8,11H,6H2,1-2H3/t7-,8-/m1/s1. The molecule has 1 nitrogen and oxygen atoms in total. The van der Waals surface area contributed by atoms with E-state index in [1.165, 1.54) is 4.88 Å². The fourth-order valence-electron chi connectivity index (χ4n) is 1.79. The van der Waals surface area contributed by atoms with Crippen LogP contribution in [-0.4, -0.2) is 10.7 Å². The zero-order valence-corrected chi connectivity index (χ0v) is 8.27. The predicted molar refractivity (Wildman–Crippen MR) is 51.5 cm³/mol. The molecular weight excluding hydrogens is 168 g/mol. The van der Waals surface area contributed by atoms with Crippen LogP contribution in [0.5, 0.6) is 0 Å². The first-order valence-corrected chi connectivity index (χ1v) is 5.23. The maximum atomic E-state index is 9.73. The van der Waals surface area contributed by atoms with Gasteiger partial charge >= 0.3 is 0 Å². The van der Waals surface area contributed by atoms with Gasteiger partial charge in [0.05, 0.1) is 5.60 Å². The topological polar surface area (TPSA) is 20.2 Å². The second kappa shape index (κ2) is 2.57. The van der Waals surface area contributed by atoms with Crippen molar-refractivity contribution in [3.05, 3.63) is 22.4 Å². The molecular formula is C10H14OS. The van der Waals surface area contributed by atoms with Crippen LogP contribution in [0.4, 0.5) is 0 Å². The SMILES string of the molecule is CC(C)(O)[C@@H]1C[C@H]1c1cccs1. The third-order valence-electron chi connectivity index (χ3n) is 2.61. The van der Waals surface area contributed by atoms with Crippen LogP contribution >= 0.6 is 11.3 Å². The van der Waals surface area contributed by atoms with Gasteiger partial charge in [0.25, 0.3) is 0 Å². The van der Waals surface area contributed by atoms with Crippen LogP contribution in [0.25, 0.3) is 0 Å². The lowest BCUT2D eigenvalue weighted by molar-refractivity contribution is 0.0547. The Morgan fingerprint density at radius 3 is 2.75 bits per heavy atom. The molecule has 0 spiro atoms. The molecule has 0 bridgehead atoms. The van der Waals surface area contributed by atoms with Crippen molar-refractivity contribution in [3.63, 3.8) is 0 Å². The van der Waals surface area contributed by atoms with Crippen molar-refractivity contribution in [2.24, 2.45) is 5.92 Å². The Hall–Kier alpha value is -0.340. The molecule has 1 N–H and O–H groups in total. The van der Waals surface area contributed by atoms with E-state index in [2.05, 4.69) is 17.5 Å². The lowest BCUT2D eigenvalue weighted by atomic mass is 10.0. The summed E-state index contributed by atoms with van der Waals surface area (Å²) in [4.78, 5) is 1.43. The summed E-state index contributed by atoms with van der Waals surface area (Å²) >= 11 is 1.80. The quantitative estimate of drug-likeness (QED) is 0.745. The molecule has 1 aromatic heterocycles. The maximum absolute atomic E-state index is 9.73. The van der Waals surface area contributed by atoms with Crippen LogP contribution in [0, 0.1) is 5.92 Å². The van der Waals surface area contributed by atoms with Crippen LogP contribution in [0.1, 0.15) is 31.1 Å². The molecule has 1 aromatic rings. The van der Waals surface area contributed by atoms with Crippen molar-refractivity contribution in [3.8, 4) is 0 Å². The molecule has 2 heteroatoms. The van der Waals surface area contributed by atoms with E-state index >= 15 is 0 Å². The Labute approximate surface area is 77.0 Å². The smallest absolute Gasteiger partial charge is 0.0626 e. The van der Waals surface area contributed by atoms with E-state index in [0.717, 1.165) is 6.42 Å². The summed E-state index contributed by atoms with van der Waals surface area (Å²) in [5, 5.41) is 11.8. The van der Waals surface area contributed by atoms with Gasteiger partial charge in [0.2, 0.25) is 0 Å². The fraction of sp³-hybridized carbons (Fsp3) is 0.600. The number of rotatable bonds is 2. The van der Waals surface area contributed by atoms with Gasteiger partial charge in [-0.2, -0.15) is 0 Å². The molecule has 66 valence electrons. The normalized spacial score (nSPS) is 28.9. The number of aliphatic hydroxyl groups is 1. The minimum absolute atomic E-state index is 0.483. The zero-order valence-electron chi connectivity index (χ0n) is 7.45. The van der Waals surface area contributed by atoms with Crippen LogP contribution in [0.3, 0.4) is 0 Å². The Morgan fingerprint density at radius 2 is 2.33 bits per heavy atom. The van der Waals surface area contributed by atoms with Gasteiger partial charge in [-0.15, -0.1) is 11.3 Å². The van der Waals surface area contributed by atoms with E-state index in [-0.39, 0.29) is 0 Å². The molecule has 1 aliphatic carbocycles. The maximum Gasteiger partial charge on any atom is 0.0626 e. The van der Waals surface area contributed by atoms with Crippen molar-refractivity contribution >= 4 is 11.3 Å². The first kappa shape index (κ1) is 8.27. The minimum atomic E-state index is -0.491. The molecule has 0 unspecified atom stereocenters. The van der Waals surface area contributed by atoms with E-state index in [4.69, 9.17) is 0 Å². The van der Waals surface area contributed by atoms with Gasteiger partial charge in [0.1, 0.15) is 0 Å². The van der Waals surface area contributed by atoms with E-state index in [1.807, 2.05) is 13.8 Å². The number of hydrogen-bond acceptors (Lipinski definition) is 2. The molecule has 1 saturated carbocycles. The summed E-state index contributed by atoms with van der Waals surface area (Å²) in [6, 6.07) is 4.25. The van der Waals surface area contributed by atoms with E-state index in [9.17, 15) is 5.11 Å². The third kappa shape index (κ3) is 1.41. The summed E-state index contributed by atoms with van der Waals surface area (Å²) in [6.07, 6.45) is 1.16. The van der Waals surface area contributed by atoms with Gasteiger partial charge in [0.15, 0.2) is 0 Å². The average molecular weight is 182 g/mol. The molecule has 2 atom stereocenters. The van der Waals surface area contributed by atoms with E-state index in [1.54, 1.807) is 11.3 Å². The van der Waals surface area contributed by atoms with Gasteiger partial charge in [-0.1, -0.05) is 6.07 Å². The van der Waals surface area contributed by atoms with Gasteiger partial charge in [0, 0.05) is 4.88 Å². The molecule has 1 heterocycles. The van der Waals surface area contributed by atoms with Crippen molar-refractivity contribution in [1.29, 1.82) is 0 Å². The molecule has 1 fully saturated rings. The number of hydrogen-bond donors (Lipinski definition) is 1. The van der Waals surface area contributed by atoms with Crippen molar-refractivity contribution in [1.82, 2.24) is 0 Å². The van der Waals surface area contributed by atoms with Gasteiger partial charge in [-0.3, -0.25) is 0 Å². The Kier molecular flexibility index (Phi) is 1.77. The molecule has 12 heavy (non-hydrogen) atoms. The fourth-order valence-corrected chi connectivity index (χ4v) is 2.70. The highest BCUT2D eigenvalue weighted by Crippen LogP contribution is 2.54. The first-order valence-electron chi connectivity index (χ1n) is 4.35. The average Bonchev–Trinajstić information content (AvgIpc) is 2.60. The summed E-state index contributed by atoms with van der Waals surface area (Å²) in [5.41, 5.74) is -0.491. The Balaban J connectivity index is 2.06. The Morgan fingerprint density at radius 1 is 1.58 bits per heavy atom. The highest BCUT2D eigenvalue weighted by molar-refractivity contribution is 7.10. The highest BCUT2D eigenvalue weighted by atomic mass is 32.1. The second-order valence-corrected chi connectivity index (χ2v) is 5.10. The van der Waals surface area contributed by atoms with Crippen molar-refractivity contribution in [2.75, 3.05) is 0 Å². The number of thiophene rings is 1. The van der Waals surface area contributed by atoms with Gasteiger partial charge < -0.3 is 5.11 Å². The lowest BCUT2D eigenvalue weighted by Gasteiger charge is -2.16. The minimum Gasteiger partial charge on any atom is -0.390 e. The molecule has 1 aliphatic rings. The van der Waals surface area contributed by atoms with Crippen molar-refractivity contribution < 1.29 is 5.11 Å². The summed E-state index contributed by atoms with van der Waals surface area (Å²) in [6.45, 7) is 3.82. The predicted octanol–water partition coefficient (Wildman–Crippen LogP) is 2.62. The third-order valence-corrected chi connectivity index (χ3v) is 3.61. The Bertz CT molecular complexity index is 258. The summed E-state index contributed by atoms with van der Waals surface area (Å²) < 4.78 is 0. The monoisotopic (exact) mass is 182 g/mol. The second-order valence-electron chi connectivity index (χ2n) is 4.12. The van der Waals surface area contributed by atoms with Gasteiger partial charge in [-0.05, 0) is 43.6 Å². The molecule has 0 amide bonds. The zero-order chi connectivity index (χ0) is 8.77. The van der Waals surface area contributed by atoms with Gasteiger partial charge in [-0.25, -0.2) is 0 Å². The summed E-state index contributed by atoms with van der Waals surface area (Å²) in [5.74, 6) is 1.11. The van der Waals surface area contributed by atoms with Crippen LogP contribution in [0.2, 0.25) is 0 Å². The first-order chi connectivity index (χ1) is 5.59. The van der Waals surface area contributed by atoms with E-state index in [0.29, 0.717) is 11.8 Å². The highest BCUT2D eigenvalue weighted by Gasteiger charge is 2.47. The van der Waals surface area contributed by atoms with Crippen LogP contribution < -0.4 is 0 Å².